The maximum atomic E-state index is 9.51. The van der Waals surface area contributed by atoms with Gasteiger partial charge in [-0.3, -0.25) is 4.90 Å². The maximum absolute atomic E-state index is 9.51. The molecule has 0 amide bonds. The molecule has 0 saturated heterocycles. The Bertz CT molecular complexity index is 506. The molecule has 1 aliphatic rings. The maximum Gasteiger partial charge on any atom is 0.231 e. The predicted molar refractivity (Wildman–Crippen MR) is 77.8 cm³/mol. The zero-order valence-corrected chi connectivity index (χ0v) is 12.5. The number of ether oxygens (including phenoxy) is 2. The van der Waals surface area contributed by atoms with Crippen LogP contribution in [0, 0.1) is 11.3 Å². The Kier molecular flexibility index (Phi) is 4.51. The zero-order valence-electron chi connectivity index (χ0n) is 12.5. The second-order valence-corrected chi connectivity index (χ2v) is 5.25. The second kappa shape index (κ2) is 6.15. The Hall–Kier alpha value is -1.73. The van der Waals surface area contributed by atoms with Gasteiger partial charge in [0.15, 0.2) is 11.5 Å². The van der Waals surface area contributed by atoms with Gasteiger partial charge in [0.2, 0.25) is 6.79 Å². The molecule has 108 valence electrons. The van der Waals surface area contributed by atoms with Gasteiger partial charge in [-0.15, -0.1) is 0 Å². The first-order chi connectivity index (χ1) is 9.62. The number of aryl methyl sites for hydroxylation is 1. The van der Waals surface area contributed by atoms with Crippen molar-refractivity contribution in [1.82, 2.24) is 4.90 Å². The molecule has 1 atom stereocenters. The number of hydrogen-bond acceptors (Lipinski definition) is 4. The number of fused-ring (bicyclic) bond motifs is 1. The van der Waals surface area contributed by atoms with Gasteiger partial charge in [0.1, 0.15) is 5.54 Å². The average molecular weight is 274 g/mol. The third-order valence-electron chi connectivity index (χ3n) is 4.04. The smallest absolute Gasteiger partial charge is 0.231 e. The van der Waals surface area contributed by atoms with Crippen molar-refractivity contribution in [2.75, 3.05) is 19.9 Å². The fourth-order valence-corrected chi connectivity index (χ4v) is 2.69. The van der Waals surface area contributed by atoms with Crippen LogP contribution in [0.15, 0.2) is 18.2 Å². The van der Waals surface area contributed by atoms with Crippen molar-refractivity contribution >= 4 is 0 Å². The molecule has 0 spiro atoms. The first-order valence-electron chi connectivity index (χ1n) is 7.17. The highest BCUT2D eigenvalue weighted by Gasteiger charge is 2.29. The lowest BCUT2D eigenvalue weighted by Gasteiger charge is -2.34. The summed E-state index contributed by atoms with van der Waals surface area (Å²) in [5.74, 6) is 1.62. The Morgan fingerprint density at radius 3 is 2.60 bits per heavy atom. The van der Waals surface area contributed by atoms with Crippen LogP contribution in [0.5, 0.6) is 11.5 Å². The first-order valence-corrected chi connectivity index (χ1v) is 7.17. The quantitative estimate of drug-likeness (QED) is 0.800. The summed E-state index contributed by atoms with van der Waals surface area (Å²) in [4.78, 5) is 2.21. The number of hydrogen-bond donors (Lipinski definition) is 0. The molecular formula is C16H22N2O2. The van der Waals surface area contributed by atoms with Crippen LogP contribution in [0.4, 0.5) is 0 Å². The summed E-state index contributed by atoms with van der Waals surface area (Å²) in [5.41, 5.74) is 0.766. The van der Waals surface area contributed by atoms with Crippen LogP contribution in [0.2, 0.25) is 0 Å². The normalized spacial score (nSPS) is 15.9. The molecule has 20 heavy (non-hydrogen) atoms. The molecule has 0 N–H and O–H groups in total. The molecule has 0 aliphatic carbocycles. The molecule has 1 heterocycles. The molecule has 1 aromatic carbocycles. The molecule has 4 heteroatoms. The summed E-state index contributed by atoms with van der Waals surface area (Å²) in [6.45, 7) is 8.30. The fraction of sp³-hybridized carbons (Fsp3) is 0.562. The monoisotopic (exact) mass is 274 g/mol. The number of nitrogens with zero attached hydrogens (tertiary/aromatic N) is 2. The Morgan fingerprint density at radius 1 is 1.25 bits per heavy atom. The van der Waals surface area contributed by atoms with E-state index in [2.05, 4.69) is 24.8 Å². The molecule has 0 aromatic heterocycles. The van der Waals surface area contributed by atoms with Crippen molar-refractivity contribution in [3.63, 3.8) is 0 Å². The number of benzene rings is 1. The molecule has 2 rings (SSSR count). The van der Waals surface area contributed by atoms with Gasteiger partial charge in [-0.05, 0) is 50.6 Å². The lowest BCUT2D eigenvalue weighted by Crippen LogP contribution is -2.45. The van der Waals surface area contributed by atoms with E-state index >= 15 is 0 Å². The van der Waals surface area contributed by atoms with Crippen molar-refractivity contribution < 1.29 is 9.47 Å². The van der Waals surface area contributed by atoms with Gasteiger partial charge in [0.05, 0.1) is 6.07 Å². The van der Waals surface area contributed by atoms with E-state index in [1.54, 1.807) is 0 Å². The van der Waals surface area contributed by atoms with E-state index in [1.807, 2.05) is 25.1 Å². The highest BCUT2D eigenvalue weighted by molar-refractivity contribution is 5.44. The summed E-state index contributed by atoms with van der Waals surface area (Å²) >= 11 is 0. The molecule has 0 radical (unpaired) electrons. The number of rotatable bonds is 6. The van der Waals surface area contributed by atoms with E-state index in [1.165, 1.54) is 5.56 Å². The lowest BCUT2D eigenvalue weighted by molar-refractivity contribution is 0.159. The minimum atomic E-state index is -0.417. The van der Waals surface area contributed by atoms with E-state index in [0.29, 0.717) is 6.79 Å². The van der Waals surface area contributed by atoms with Crippen LogP contribution in [0.1, 0.15) is 32.8 Å². The van der Waals surface area contributed by atoms with Crippen molar-refractivity contribution in [3.05, 3.63) is 23.8 Å². The third-order valence-corrected chi connectivity index (χ3v) is 4.04. The van der Waals surface area contributed by atoms with Crippen LogP contribution in [0.3, 0.4) is 0 Å². The predicted octanol–water partition coefficient (Wildman–Crippen LogP) is 2.97. The SMILES string of the molecule is CCN(CC)C(C)(C#N)CCc1ccc2c(c1)OCO2. The lowest BCUT2D eigenvalue weighted by atomic mass is 9.92. The second-order valence-electron chi connectivity index (χ2n) is 5.25. The molecule has 4 nitrogen and oxygen atoms in total. The highest BCUT2D eigenvalue weighted by atomic mass is 16.7. The van der Waals surface area contributed by atoms with Gasteiger partial charge in [-0.25, -0.2) is 0 Å². The largest absolute Gasteiger partial charge is 0.454 e. The highest BCUT2D eigenvalue weighted by Crippen LogP contribution is 2.33. The van der Waals surface area contributed by atoms with Gasteiger partial charge in [-0.2, -0.15) is 5.26 Å². The van der Waals surface area contributed by atoms with E-state index < -0.39 is 5.54 Å². The molecule has 1 aliphatic heterocycles. The summed E-state index contributed by atoms with van der Waals surface area (Å²) in [7, 11) is 0. The van der Waals surface area contributed by atoms with E-state index in [-0.39, 0.29) is 0 Å². The Balaban J connectivity index is 2.05. The van der Waals surface area contributed by atoms with Gasteiger partial charge in [-0.1, -0.05) is 19.9 Å². The molecule has 0 saturated carbocycles. The summed E-state index contributed by atoms with van der Waals surface area (Å²) in [6, 6.07) is 8.48. The van der Waals surface area contributed by atoms with Crippen LogP contribution >= 0.6 is 0 Å². The molecular weight excluding hydrogens is 252 g/mol. The van der Waals surface area contributed by atoms with Gasteiger partial charge in [0.25, 0.3) is 0 Å². The van der Waals surface area contributed by atoms with Gasteiger partial charge in [0, 0.05) is 0 Å². The molecule has 0 bridgehead atoms. The average Bonchev–Trinajstić information content (AvgIpc) is 2.93. The van der Waals surface area contributed by atoms with Crippen LogP contribution in [-0.2, 0) is 6.42 Å². The van der Waals surface area contributed by atoms with Crippen LogP contribution < -0.4 is 9.47 Å². The third kappa shape index (κ3) is 2.88. The summed E-state index contributed by atoms with van der Waals surface area (Å²) < 4.78 is 10.7. The van der Waals surface area contributed by atoms with Crippen molar-refractivity contribution in [1.29, 1.82) is 5.26 Å². The molecule has 1 aromatic rings. The minimum Gasteiger partial charge on any atom is -0.454 e. The molecule has 0 fully saturated rings. The van der Waals surface area contributed by atoms with Gasteiger partial charge < -0.3 is 9.47 Å². The van der Waals surface area contributed by atoms with Crippen LogP contribution in [-0.4, -0.2) is 30.3 Å². The Morgan fingerprint density at radius 2 is 1.95 bits per heavy atom. The fourth-order valence-electron chi connectivity index (χ4n) is 2.69. The first kappa shape index (κ1) is 14.7. The minimum absolute atomic E-state index is 0.300. The van der Waals surface area contributed by atoms with Crippen molar-refractivity contribution in [3.8, 4) is 17.6 Å². The van der Waals surface area contributed by atoms with Crippen LogP contribution in [0.25, 0.3) is 0 Å². The summed E-state index contributed by atoms with van der Waals surface area (Å²) in [6.07, 6.45) is 1.67. The zero-order chi connectivity index (χ0) is 14.6. The van der Waals surface area contributed by atoms with E-state index in [0.717, 1.165) is 37.4 Å². The summed E-state index contributed by atoms with van der Waals surface area (Å²) in [5, 5.41) is 9.51. The molecule has 1 unspecified atom stereocenters. The number of nitriles is 1. The standard InChI is InChI=1S/C16H22N2O2/c1-4-18(5-2)16(3,11-17)9-8-13-6-7-14-15(10-13)20-12-19-14/h6-7,10H,4-5,8-9,12H2,1-3H3. The van der Waals surface area contributed by atoms with Crippen molar-refractivity contribution in [2.24, 2.45) is 0 Å². The van der Waals surface area contributed by atoms with E-state index in [9.17, 15) is 5.26 Å². The topological polar surface area (TPSA) is 45.5 Å². The van der Waals surface area contributed by atoms with Gasteiger partial charge >= 0.3 is 0 Å². The Labute approximate surface area is 120 Å². The van der Waals surface area contributed by atoms with E-state index in [4.69, 9.17) is 9.47 Å². The van der Waals surface area contributed by atoms with Crippen molar-refractivity contribution in [2.45, 2.75) is 39.2 Å².